The van der Waals surface area contributed by atoms with Gasteiger partial charge in [0, 0.05) is 31.7 Å². The van der Waals surface area contributed by atoms with Crippen LogP contribution in [0.5, 0.6) is 5.75 Å². The summed E-state index contributed by atoms with van der Waals surface area (Å²) in [4.78, 5) is 38.9. The molecule has 1 aliphatic rings. The third kappa shape index (κ3) is 6.47. The first kappa shape index (κ1) is 24.0. The van der Waals surface area contributed by atoms with E-state index in [4.69, 9.17) is 4.74 Å². The van der Waals surface area contributed by atoms with Gasteiger partial charge >= 0.3 is 0 Å². The number of carbonyl (C=O) groups excluding carboxylic acids is 3. The van der Waals surface area contributed by atoms with Gasteiger partial charge in [0.05, 0.1) is 5.92 Å². The number of nitrogens with one attached hydrogen (secondary N) is 2. The van der Waals surface area contributed by atoms with E-state index in [1.807, 2.05) is 61.5 Å². The van der Waals surface area contributed by atoms with Crippen molar-refractivity contribution in [3.05, 3.63) is 95.6 Å². The van der Waals surface area contributed by atoms with Gasteiger partial charge in [-0.2, -0.15) is 0 Å². The van der Waals surface area contributed by atoms with Gasteiger partial charge in [0.2, 0.25) is 11.8 Å². The average Bonchev–Trinajstić information content (AvgIpc) is 3.28. The van der Waals surface area contributed by atoms with Crippen molar-refractivity contribution in [3.8, 4) is 5.75 Å². The predicted octanol–water partition coefficient (Wildman–Crippen LogP) is 3.36. The SMILES string of the molecule is Cc1ccccc1CNC(=O)[C@H]1CC(=O)N(c2ccc(OCC(=O)NCc3ccccc3)cc2)C1. The highest BCUT2D eigenvalue weighted by atomic mass is 16.5. The Morgan fingerprint density at radius 3 is 2.37 bits per heavy atom. The monoisotopic (exact) mass is 471 g/mol. The Bertz CT molecular complexity index is 1180. The van der Waals surface area contributed by atoms with Crippen molar-refractivity contribution in [1.82, 2.24) is 10.6 Å². The molecule has 180 valence electrons. The summed E-state index contributed by atoms with van der Waals surface area (Å²) >= 11 is 0. The molecule has 0 aromatic heterocycles. The second kappa shape index (κ2) is 11.3. The lowest BCUT2D eigenvalue weighted by Crippen LogP contribution is -2.32. The Labute approximate surface area is 205 Å². The Hall–Kier alpha value is -4.13. The molecular weight excluding hydrogens is 442 g/mol. The topological polar surface area (TPSA) is 87.7 Å². The molecule has 3 aromatic rings. The lowest BCUT2D eigenvalue weighted by atomic mass is 10.1. The van der Waals surface area contributed by atoms with Gasteiger partial charge in [-0.05, 0) is 47.9 Å². The van der Waals surface area contributed by atoms with Crippen LogP contribution in [0.25, 0.3) is 0 Å². The molecule has 7 nitrogen and oxygen atoms in total. The normalized spacial score (nSPS) is 15.1. The number of aryl methyl sites for hydroxylation is 1. The van der Waals surface area contributed by atoms with Gasteiger partial charge in [-0.3, -0.25) is 14.4 Å². The molecule has 1 aliphatic heterocycles. The van der Waals surface area contributed by atoms with Gasteiger partial charge in [0.25, 0.3) is 5.91 Å². The Morgan fingerprint density at radius 1 is 0.914 bits per heavy atom. The van der Waals surface area contributed by atoms with Crippen LogP contribution in [0.4, 0.5) is 5.69 Å². The third-order valence-electron chi connectivity index (χ3n) is 6.06. The van der Waals surface area contributed by atoms with E-state index in [0.717, 1.165) is 16.7 Å². The van der Waals surface area contributed by atoms with Crippen molar-refractivity contribution < 1.29 is 19.1 Å². The number of ether oxygens (including phenoxy) is 1. The van der Waals surface area contributed by atoms with Crippen LogP contribution in [-0.2, 0) is 27.5 Å². The van der Waals surface area contributed by atoms with Gasteiger partial charge in [-0.25, -0.2) is 0 Å². The predicted molar refractivity (Wildman–Crippen MR) is 134 cm³/mol. The zero-order valence-electron chi connectivity index (χ0n) is 19.7. The number of hydrogen-bond acceptors (Lipinski definition) is 4. The van der Waals surface area contributed by atoms with Gasteiger partial charge in [0.1, 0.15) is 5.75 Å². The summed E-state index contributed by atoms with van der Waals surface area (Å²) in [5.74, 6) is -0.286. The molecular formula is C28H29N3O4. The summed E-state index contributed by atoms with van der Waals surface area (Å²) in [5, 5.41) is 5.77. The summed E-state index contributed by atoms with van der Waals surface area (Å²) in [6.07, 6.45) is 0.180. The maximum atomic E-state index is 12.7. The molecule has 7 heteroatoms. The minimum absolute atomic E-state index is 0.0880. The van der Waals surface area contributed by atoms with E-state index in [-0.39, 0.29) is 30.7 Å². The number of benzene rings is 3. The Morgan fingerprint density at radius 2 is 1.63 bits per heavy atom. The van der Waals surface area contributed by atoms with Crippen LogP contribution in [0, 0.1) is 12.8 Å². The van der Waals surface area contributed by atoms with Crippen LogP contribution in [0.2, 0.25) is 0 Å². The highest BCUT2D eigenvalue weighted by molar-refractivity contribution is 6.00. The highest BCUT2D eigenvalue weighted by Gasteiger charge is 2.35. The van der Waals surface area contributed by atoms with Crippen molar-refractivity contribution in [3.63, 3.8) is 0 Å². The van der Waals surface area contributed by atoms with E-state index in [9.17, 15) is 14.4 Å². The molecule has 0 saturated carbocycles. The standard InChI is InChI=1S/C28H29N3O4/c1-20-7-5-6-10-22(20)17-30-28(34)23-15-27(33)31(18-23)24-11-13-25(14-12-24)35-19-26(32)29-16-21-8-3-2-4-9-21/h2-14,23H,15-19H2,1H3,(H,29,32)(H,30,34)/t23-/m0/s1. The van der Waals surface area contributed by atoms with Crippen LogP contribution >= 0.6 is 0 Å². The molecule has 1 heterocycles. The molecule has 1 atom stereocenters. The van der Waals surface area contributed by atoms with E-state index in [1.54, 1.807) is 29.2 Å². The van der Waals surface area contributed by atoms with Gasteiger partial charge in [-0.15, -0.1) is 0 Å². The lowest BCUT2D eigenvalue weighted by molar-refractivity contribution is -0.126. The second-order valence-electron chi connectivity index (χ2n) is 8.59. The summed E-state index contributed by atoms with van der Waals surface area (Å²) in [6.45, 7) is 3.13. The maximum absolute atomic E-state index is 12.7. The fourth-order valence-corrected chi connectivity index (χ4v) is 3.99. The lowest BCUT2D eigenvalue weighted by Gasteiger charge is -2.17. The van der Waals surface area contributed by atoms with Gasteiger partial charge in [-0.1, -0.05) is 54.6 Å². The number of rotatable bonds is 9. The fraction of sp³-hybridized carbons (Fsp3) is 0.250. The number of hydrogen-bond donors (Lipinski definition) is 2. The first-order valence-corrected chi connectivity index (χ1v) is 11.7. The molecule has 2 N–H and O–H groups in total. The van der Waals surface area contributed by atoms with Crippen molar-refractivity contribution in [1.29, 1.82) is 0 Å². The van der Waals surface area contributed by atoms with Crippen molar-refractivity contribution in [2.24, 2.45) is 5.92 Å². The number of carbonyl (C=O) groups is 3. The largest absolute Gasteiger partial charge is 0.484 e. The van der Waals surface area contributed by atoms with E-state index in [0.29, 0.717) is 31.1 Å². The smallest absolute Gasteiger partial charge is 0.258 e. The van der Waals surface area contributed by atoms with E-state index in [2.05, 4.69) is 10.6 Å². The van der Waals surface area contributed by atoms with Crippen LogP contribution in [0.3, 0.4) is 0 Å². The van der Waals surface area contributed by atoms with Crippen LogP contribution in [-0.4, -0.2) is 30.9 Å². The van der Waals surface area contributed by atoms with Gasteiger partial charge in [0.15, 0.2) is 6.61 Å². The zero-order valence-corrected chi connectivity index (χ0v) is 19.7. The first-order chi connectivity index (χ1) is 17.0. The minimum Gasteiger partial charge on any atom is -0.484 e. The fourth-order valence-electron chi connectivity index (χ4n) is 3.99. The van der Waals surface area contributed by atoms with Crippen LogP contribution in [0.1, 0.15) is 23.1 Å². The molecule has 3 aromatic carbocycles. The highest BCUT2D eigenvalue weighted by Crippen LogP contribution is 2.27. The van der Waals surface area contributed by atoms with Crippen LogP contribution in [0.15, 0.2) is 78.9 Å². The molecule has 0 bridgehead atoms. The molecule has 35 heavy (non-hydrogen) atoms. The summed E-state index contributed by atoms with van der Waals surface area (Å²) in [6, 6.07) is 24.5. The zero-order chi connectivity index (χ0) is 24.6. The quantitative estimate of drug-likeness (QED) is 0.501. The summed E-state index contributed by atoms with van der Waals surface area (Å²) in [5.41, 5.74) is 3.90. The van der Waals surface area contributed by atoms with E-state index >= 15 is 0 Å². The average molecular weight is 472 g/mol. The molecule has 0 spiro atoms. The molecule has 4 rings (SSSR count). The summed E-state index contributed by atoms with van der Waals surface area (Å²) in [7, 11) is 0. The minimum atomic E-state index is -0.393. The molecule has 0 unspecified atom stereocenters. The number of amides is 3. The number of anilines is 1. The maximum Gasteiger partial charge on any atom is 0.258 e. The van der Waals surface area contributed by atoms with Gasteiger partial charge < -0.3 is 20.3 Å². The van der Waals surface area contributed by atoms with Crippen LogP contribution < -0.4 is 20.3 Å². The van der Waals surface area contributed by atoms with Crippen molar-refractivity contribution >= 4 is 23.4 Å². The molecule has 0 aliphatic carbocycles. The van der Waals surface area contributed by atoms with Crippen molar-refractivity contribution in [2.45, 2.75) is 26.4 Å². The van der Waals surface area contributed by atoms with E-state index in [1.165, 1.54) is 0 Å². The first-order valence-electron chi connectivity index (χ1n) is 11.7. The summed E-state index contributed by atoms with van der Waals surface area (Å²) < 4.78 is 5.56. The molecule has 1 fully saturated rings. The number of nitrogens with zero attached hydrogens (tertiary/aromatic N) is 1. The Balaban J connectivity index is 1.24. The molecule has 0 radical (unpaired) electrons. The second-order valence-corrected chi connectivity index (χ2v) is 8.59. The third-order valence-corrected chi connectivity index (χ3v) is 6.06. The van der Waals surface area contributed by atoms with E-state index < -0.39 is 5.92 Å². The molecule has 1 saturated heterocycles. The molecule has 3 amide bonds. The van der Waals surface area contributed by atoms with Crippen molar-refractivity contribution in [2.75, 3.05) is 18.1 Å². The Kier molecular flexibility index (Phi) is 7.77.